The van der Waals surface area contributed by atoms with Crippen LogP contribution < -0.4 is 4.74 Å². The topological polar surface area (TPSA) is 64.4 Å². The molecule has 176 valence electrons. The highest BCUT2D eigenvalue weighted by atomic mass is 19.4. The molecule has 0 saturated heterocycles. The molecule has 3 aromatic rings. The standard InChI is InChI=1S/C25H27F3N2O3/c1-17(14-24(31)32)6-5-13-33-22-8-4-3-7-20(22)16-30-18(2)9-11-21(30)19-10-12-23(29-15-19)25(26,27)28/h3-4,7-12,15,17H,5-6,13-14,16H2,1-2H3,(H,31,32)/t17-/m1/s1. The van der Waals surface area contributed by atoms with Crippen molar-refractivity contribution in [2.75, 3.05) is 6.61 Å². The Morgan fingerprint density at radius 1 is 1.15 bits per heavy atom. The Kier molecular flexibility index (Phi) is 7.79. The average molecular weight is 460 g/mol. The van der Waals surface area contributed by atoms with Crippen LogP contribution in [0.3, 0.4) is 0 Å². The van der Waals surface area contributed by atoms with Crippen molar-refractivity contribution in [1.29, 1.82) is 0 Å². The molecular formula is C25H27F3N2O3. The van der Waals surface area contributed by atoms with Gasteiger partial charge in [-0.15, -0.1) is 0 Å². The average Bonchev–Trinajstić information content (AvgIpc) is 3.11. The van der Waals surface area contributed by atoms with Gasteiger partial charge >= 0.3 is 12.1 Å². The van der Waals surface area contributed by atoms with Crippen molar-refractivity contribution in [1.82, 2.24) is 9.55 Å². The summed E-state index contributed by atoms with van der Waals surface area (Å²) in [4.78, 5) is 14.4. The van der Waals surface area contributed by atoms with E-state index in [9.17, 15) is 18.0 Å². The van der Waals surface area contributed by atoms with Crippen LogP contribution in [0, 0.1) is 12.8 Å². The Bertz CT molecular complexity index is 1080. The van der Waals surface area contributed by atoms with Crippen molar-refractivity contribution >= 4 is 5.97 Å². The number of aryl methyl sites for hydroxylation is 1. The maximum atomic E-state index is 12.9. The Balaban J connectivity index is 1.72. The monoisotopic (exact) mass is 460 g/mol. The van der Waals surface area contributed by atoms with Crippen molar-refractivity contribution in [2.24, 2.45) is 5.92 Å². The van der Waals surface area contributed by atoms with Gasteiger partial charge in [-0.1, -0.05) is 25.1 Å². The lowest BCUT2D eigenvalue weighted by Crippen LogP contribution is -2.09. The number of para-hydroxylation sites is 1. The number of ether oxygens (including phenoxy) is 1. The van der Waals surface area contributed by atoms with Crippen LogP contribution in [-0.2, 0) is 17.5 Å². The molecule has 0 saturated carbocycles. The third-order valence-electron chi connectivity index (χ3n) is 5.47. The fraction of sp³-hybridized carbons (Fsp3) is 0.360. The van der Waals surface area contributed by atoms with E-state index in [0.29, 0.717) is 18.7 Å². The highest BCUT2D eigenvalue weighted by Gasteiger charge is 2.32. The van der Waals surface area contributed by atoms with E-state index in [1.54, 1.807) is 0 Å². The maximum absolute atomic E-state index is 12.9. The molecule has 0 fully saturated rings. The van der Waals surface area contributed by atoms with Gasteiger partial charge in [0.2, 0.25) is 0 Å². The molecule has 0 bridgehead atoms. The van der Waals surface area contributed by atoms with Gasteiger partial charge in [-0.25, -0.2) is 0 Å². The van der Waals surface area contributed by atoms with E-state index in [2.05, 4.69) is 4.98 Å². The fourth-order valence-corrected chi connectivity index (χ4v) is 3.70. The molecule has 0 unspecified atom stereocenters. The highest BCUT2D eigenvalue weighted by Crippen LogP contribution is 2.30. The lowest BCUT2D eigenvalue weighted by atomic mass is 10.0. The van der Waals surface area contributed by atoms with Gasteiger partial charge in [0.05, 0.1) is 18.8 Å². The molecule has 0 spiro atoms. The summed E-state index contributed by atoms with van der Waals surface area (Å²) in [5, 5.41) is 8.87. The van der Waals surface area contributed by atoms with Crippen LogP contribution in [0.2, 0.25) is 0 Å². The molecule has 1 aromatic carbocycles. The number of aliphatic carboxylic acids is 1. The molecule has 33 heavy (non-hydrogen) atoms. The third kappa shape index (κ3) is 6.60. The molecule has 2 heterocycles. The molecule has 1 N–H and O–H groups in total. The first-order chi connectivity index (χ1) is 15.6. The summed E-state index contributed by atoms with van der Waals surface area (Å²) in [6.07, 6.45) is -1.58. The molecule has 2 aromatic heterocycles. The molecule has 0 aliphatic carbocycles. The summed E-state index contributed by atoms with van der Waals surface area (Å²) in [5.74, 6) is 0.0201. The van der Waals surface area contributed by atoms with Crippen LogP contribution >= 0.6 is 0 Å². The predicted molar refractivity (Wildman–Crippen MR) is 119 cm³/mol. The zero-order valence-electron chi connectivity index (χ0n) is 18.6. The normalized spacial score (nSPS) is 12.5. The van der Waals surface area contributed by atoms with E-state index in [0.717, 1.165) is 41.6 Å². The maximum Gasteiger partial charge on any atom is 0.433 e. The van der Waals surface area contributed by atoms with Gasteiger partial charge in [-0.05, 0) is 56.0 Å². The number of aromatic nitrogens is 2. The van der Waals surface area contributed by atoms with Gasteiger partial charge in [0.15, 0.2) is 0 Å². The fourth-order valence-electron chi connectivity index (χ4n) is 3.70. The van der Waals surface area contributed by atoms with E-state index in [4.69, 9.17) is 9.84 Å². The minimum atomic E-state index is -4.47. The predicted octanol–water partition coefficient (Wildman–Crippen LogP) is 6.20. The van der Waals surface area contributed by atoms with Crippen LogP contribution in [0.5, 0.6) is 5.75 Å². The van der Waals surface area contributed by atoms with Crippen molar-refractivity contribution < 1.29 is 27.8 Å². The quantitative estimate of drug-likeness (QED) is 0.366. The molecule has 1 atom stereocenters. The number of hydrogen-bond donors (Lipinski definition) is 1. The van der Waals surface area contributed by atoms with Crippen LogP contribution in [0.4, 0.5) is 13.2 Å². The number of carboxylic acid groups (broad SMARTS) is 1. The van der Waals surface area contributed by atoms with Gasteiger partial charge in [0.1, 0.15) is 11.4 Å². The van der Waals surface area contributed by atoms with Gasteiger partial charge < -0.3 is 14.4 Å². The van der Waals surface area contributed by atoms with Crippen molar-refractivity contribution in [2.45, 2.75) is 45.8 Å². The van der Waals surface area contributed by atoms with Gasteiger partial charge in [0.25, 0.3) is 0 Å². The van der Waals surface area contributed by atoms with Crippen LogP contribution in [0.1, 0.15) is 43.1 Å². The second-order valence-corrected chi connectivity index (χ2v) is 8.18. The summed E-state index contributed by atoms with van der Waals surface area (Å²) in [6, 6.07) is 13.8. The molecule has 0 aliphatic heterocycles. The van der Waals surface area contributed by atoms with E-state index >= 15 is 0 Å². The molecule has 8 heteroatoms. The van der Waals surface area contributed by atoms with E-state index < -0.39 is 17.8 Å². The molecular weight excluding hydrogens is 433 g/mol. The van der Waals surface area contributed by atoms with Crippen molar-refractivity contribution in [3.8, 4) is 17.0 Å². The summed E-state index contributed by atoms with van der Waals surface area (Å²) in [6.45, 7) is 4.81. The van der Waals surface area contributed by atoms with Crippen LogP contribution in [0.25, 0.3) is 11.3 Å². The second kappa shape index (κ2) is 10.6. The number of nitrogens with zero attached hydrogens (tertiary/aromatic N) is 2. The zero-order chi connectivity index (χ0) is 24.0. The van der Waals surface area contributed by atoms with Crippen LogP contribution in [-0.4, -0.2) is 27.2 Å². The third-order valence-corrected chi connectivity index (χ3v) is 5.47. The van der Waals surface area contributed by atoms with E-state index in [-0.39, 0.29) is 12.3 Å². The Labute approximate surface area is 190 Å². The Hall–Kier alpha value is -3.29. The van der Waals surface area contributed by atoms with Gasteiger partial charge in [-0.2, -0.15) is 13.2 Å². The summed E-state index contributed by atoms with van der Waals surface area (Å²) >= 11 is 0. The second-order valence-electron chi connectivity index (χ2n) is 8.18. The van der Waals surface area contributed by atoms with Crippen molar-refractivity contribution in [3.63, 3.8) is 0 Å². The van der Waals surface area contributed by atoms with Gasteiger partial charge in [-0.3, -0.25) is 9.78 Å². The minimum absolute atomic E-state index is 0.0868. The zero-order valence-corrected chi connectivity index (χ0v) is 18.6. The number of rotatable bonds is 10. The first kappa shape index (κ1) is 24.4. The number of halogens is 3. The number of pyridine rings is 1. The Morgan fingerprint density at radius 3 is 2.58 bits per heavy atom. The summed E-state index contributed by atoms with van der Waals surface area (Å²) < 4.78 is 46.6. The molecule has 0 amide bonds. The summed E-state index contributed by atoms with van der Waals surface area (Å²) in [5.41, 5.74) is 2.35. The number of carboxylic acids is 1. The molecule has 0 radical (unpaired) electrons. The highest BCUT2D eigenvalue weighted by molar-refractivity contribution is 5.66. The lowest BCUT2D eigenvalue weighted by molar-refractivity contribution is -0.141. The minimum Gasteiger partial charge on any atom is -0.493 e. The van der Waals surface area contributed by atoms with Gasteiger partial charge in [0, 0.05) is 29.4 Å². The first-order valence-electron chi connectivity index (χ1n) is 10.8. The number of hydrogen-bond acceptors (Lipinski definition) is 3. The van der Waals surface area contributed by atoms with E-state index in [1.165, 1.54) is 12.3 Å². The molecule has 3 rings (SSSR count). The summed E-state index contributed by atoms with van der Waals surface area (Å²) in [7, 11) is 0. The Morgan fingerprint density at radius 2 is 1.91 bits per heavy atom. The van der Waals surface area contributed by atoms with Crippen LogP contribution in [0.15, 0.2) is 54.7 Å². The molecule has 5 nitrogen and oxygen atoms in total. The van der Waals surface area contributed by atoms with E-state index in [1.807, 2.05) is 54.8 Å². The SMILES string of the molecule is Cc1ccc(-c2ccc(C(F)(F)F)nc2)n1Cc1ccccc1OCCC[C@@H](C)CC(=O)O. The number of alkyl halides is 3. The molecule has 0 aliphatic rings. The first-order valence-corrected chi connectivity index (χ1v) is 10.8. The smallest absolute Gasteiger partial charge is 0.433 e. The lowest BCUT2D eigenvalue weighted by Gasteiger charge is -2.16. The number of carbonyl (C=O) groups is 1. The number of benzene rings is 1. The van der Waals surface area contributed by atoms with Crippen molar-refractivity contribution in [3.05, 3.63) is 71.7 Å². The largest absolute Gasteiger partial charge is 0.493 e.